The largest absolute Gasteiger partial charge is 0.494 e. The molecule has 0 aliphatic rings. The highest BCUT2D eigenvalue weighted by molar-refractivity contribution is 7.89. The zero-order valence-electron chi connectivity index (χ0n) is 13.3. The van der Waals surface area contributed by atoms with E-state index in [0.29, 0.717) is 5.56 Å². The van der Waals surface area contributed by atoms with Gasteiger partial charge in [0.15, 0.2) is 11.6 Å². The first-order chi connectivity index (χ1) is 11.3. The maximum atomic E-state index is 13.7. The van der Waals surface area contributed by atoms with Crippen molar-refractivity contribution in [3.8, 4) is 5.75 Å². The summed E-state index contributed by atoms with van der Waals surface area (Å²) in [5.41, 5.74) is 0.453. The Labute approximate surface area is 143 Å². The monoisotopic (exact) mass is 373 g/mol. The van der Waals surface area contributed by atoms with E-state index >= 15 is 0 Å². The van der Waals surface area contributed by atoms with Gasteiger partial charge in [0.25, 0.3) is 0 Å². The average molecular weight is 373 g/mol. The molecule has 9 heteroatoms. The lowest BCUT2D eigenvalue weighted by atomic mass is 10.2. The molecule has 0 radical (unpaired) electrons. The van der Waals surface area contributed by atoms with Gasteiger partial charge in [-0.2, -0.15) is 4.31 Å². The fourth-order valence-electron chi connectivity index (χ4n) is 2.06. The summed E-state index contributed by atoms with van der Waals surface area (Å²) in [6.07, 6.45) is 0. The first-order valence-corrected chi connectivity index (χ1v) is 9.07. The molecule has 1 heterocycles. The van der Waals surface area contributed by atoms with Gasteiger partial charge in [0, 0.05) is 13.6 Å². The quantitative estimate of drug-likeness (QED) is 0.728. The topological polar surface area (TPSA) is 72.9 Å². The molecule has 0 N–H and O–H groups in total. The number of nitrogens with zero attached hydrogens (tertiary/aromatic N) is 1. The summed E-state index contributed by atoms with van der Waals surface area (Å²) in [4.78, 5) is 11.6. The molecule has 1 aromatic heterocycles. The second kappa shape index (κ2) is 7.29. The summed E-state index contributed by atoms with van der Waals surface area (Å²) >= 11 is 0.983. The number of ether oxygens (including phenoxy) is 2. The van der Waals surface area contributed by atoms with E-state index in [1.165, 1.54) is 44.8 Å². The first kappa shape index (κ1) is 18.4. The van der Waals surface area contributed by atoms with Crippen molar-refractivity contribution in [2.24, 2.45) is 0 Å². The van der Waals surface area contributed by atoms with Gasteiger partial charge < -0.3 is 9.47 Å². The fraction of sp³-hybridized carbons (Fsp3) is 0.267. The minimum absolute atomic E-state index is 0.00487. The minimum atomic E-state index is -3.92. The Balaban J connectivity index is 2.28. The maximum Gasteiger partial charge on any atom is 0.349 e. The molecule has 0 aliphatic heterocycles. The van der Waals surface area contributed by atoms with Crippen LogP contribution in [0.5, 0.6) is 5.75 Å². The van der Waals surface area contributed by atoms with Crippen molar-refractivity contribution in [2.75, 3.05) is 21.3 Å². The van der Waals surface area contributed by atoms with E-state index in [2.05, 4.69) is 4.74 Å². The molecular formula is C15H16FNO5S2. The molecule has 6 nitrogen and oxygen atoms in total. The SMILES string of the molecule is COC(=O)c1sccc1S(=O)(=O)N(C)Cc1ccc(OC)c(F)c1. The van der Waals surface area contributed by atoms with E-state index in [9.17, 15) is 17.6 Å². The highest BCUT2D eigenvalue weighted by Gasteiger charge is 2.28. The molecule has 0 unspecified atom stereocenters. The van der Waals surface area contributed by atoms with Crippen molar-refractivity contribution in [1.29, 1.82) is 0 Å². The number of esters is 1. The second-order valence-electron chi connectivity index (χ2n) is 4.84. The Morgan fingerprint density at radius 2 is 2.00 bits per heavy atom. The van der Waals surface area contributed by atoms with E-state index in [0.717, 1.165) is 15.6 Å². The van der Waals surface area contributed by atoms with Gasteiger partial charge in [0.2, 0.25) is 10.0 Å². The van der Waals surface area contributed by atoms with E-state index in [1.807, 2.05) is 0 Å². The lowest BCUT2D eigenvalue weighted by Crippen LogP contribution is -2.27. The van der Waals surface area contributed by atoms with Crippen LogP contribution < -0.4 is 4.74 Å². The molecule has 0 aliphatic carbocycles. The van der Waals surface area contributed by atoms with Crippen LogP contribution in [0.4, 0.5) is 4.39 Å². The van der Waals surface area contributed by atoms with Crippen LogP contribution in [0.2, 0.25) is 0 Å². The summed E-state index contributed by atoms with van der Waals surface area (Å²) < 4.78 is 49.5. The number of rotatable bonds is 6. The van der Waals surface area contributed by atoms with Crippen molar-refractivity contribution >= 4 is 27.3 Å². The zero-order valence-corrected chi connectivity index (χ0v) is 14.9. The molecule has 0 saturated carbocycles. The average Bonchev–Trinajstić information content (AvgIpc) is 3.04. The summed E-state index contributed by atoms with van der Waals surface area (Å²) in [6, 6.07) is 5.55. The third kappa shape index (κ3) is 3.58. The molecule has 0 fully saturated rings. The Morgan fingerprint density at radius 1 is 1.29 bits per heavy atom. The Morgan fingerprint density at radius 3 is 2.58 bits per heavy atom. The standard InChI is InChI=1S/C15H16FNO5S2/c1-17(9-10-4-5-12(21-2)11(16)8-10)24(19,20)13-6-7-23-14(13)15(18)22-3/h4-8H,9H2,1-3H3. The van der Waals surface area contributed by atoms with Crippen LogP contribution in [0.25, 0.3) is 0 Å². The normalized spacial score (nSPS) is 11.5. The van der Waals surface area contributed by atoms with E-state index < -0.39 is 21.8 Å². The number of methoxy groups -OCH3 is 2. The maximum absolute atomic E-state index is 13.7. The predicted octanol–water partition coefficient (Wildman–Crippen LogP) is 2.50. The molecular weight excluding hydrogens is 357 g/mol. The highest BCUT2D eigenvalue weighted by Crippen LogP contribution is 2.27. The molecule has 0 amide bonds. The summed E-state index contributed by atoms with van der Waals surface area (Å²) in [7, 11) is -0.0319. The molecule has 0 bridgehead atoms. The summed E-state index contributed by atoms with van der Waals surface area (Å²) in [5.74, 6) is -1.21. The van der Waals surface area contributed by atoms with Crippen LogP contribution in [0.15, 0.2) is 34.5 Å². The second-order valence-corrected chi connectivity index (χ2v) is 7.76. The van der Waals surface area contributed by atoms with Gasteiger partial charge in [0.1, 0.15) is 9.77 Å². The Kier molecular flexibility index (Phi) is 5.58. The number of halogens is 1. The Hall–Kier alpha value is -1.97. The van der Waals surface area contributed by atoms with E-state index in [1.54, 1.807) is 6.07 Å². The van der Waals surface area contributed by atoms with Gasteiger partial charge in [-0.1, -0.05) is 6.07 Å². The predicted molar refractivity (Wildman–Crippen MR) is 87.3 cm³/mol. The third-order valence-corrected chi connectivity index (χ3v) is 6.18. The molecule has 0 spiro atoms. The zero-order chi connectivity index (χ0) is 17.9. The molecule has 2 rings (SSSR count). The molecule has 0 atom stereocenters. The number of sulfonamides is 1. The lowest BCUT2D eigenvalue weighted by Gasteiger charge is -2.17. The van der Waals surface area contributed by atoms with Gasteiger partial charge >= 0.3 is 5.97 Å². The third-order valence-electron chi connectivity index (χ3n) is 3.31. The number of thiophene rings is 1. The van der Waals surface area contributed by atoms with Crippen molar-refractivity contribution < 1.29 is 27.1 Å². The number of carbonyl (C=O) groups excluding carboxylic acids is 1. The van der Waals surface area contributed by atoms with Crippen LogP contribution in [-0.4, -0.2) is 40.0 Å². The van der Waals surface area contributed by atoms with Gasteiger partial charge in [-0.15, -0.1) is 11.3 Å². The van der Waals surface area contributed by atoms with Crippen LogP contribution in [0, 0.1) is 5.82 Å². The molecule has 1 aromatic carbocycles. The van der Waals surface area contributed by atoms with Gasteiger partial charge in [-0.3, -0.25) is 0 Å². The minimum Gasteiger partial charge on any atom is -0.494 e. The Bertz CT molecular complexity index is 847. The van der Waals surface area contributed by atoms with Crippen molar-refractivity contribution in [3.05, 3.63) is 45.9 Å². The first-order valence-electron chi connectivity index (χ1n) is 6.75. The van der Waals surface area contributed by atoms with Crippen molar-refractivity contribution in [1.82, 2.24) is 4.31 Å². The number of hydrogen-bond acceptors (Lipinski definition) is 6. The highest BCUT2D eigenvalue weighted by atomic mass is 32.2. The van der Waals surface area contributed by atoms with Crippen molar-refractivity contribution in [3.63, 3.8) is 0 Å². The van der Waals surface area contributed by atoms with E-state index in [4.69, 9.17) is 4.74 Å². The molecule has 24 heavy (non-hydrogen) atoms. The van der Waals surface area contributed by atoms with Crippen LogP contribution in [0.1, 0.15) is 15.2 Å². The van der Waals surface area contributed by atoms with Crippen LogP contribution >= 0.6 is 11.3 Å². The molecule has 0 saturated heterocycles. The fourth-order valence-corrected chi connectivity index (χ4v) is 4.52. The lowest BCUT2D eigenvalue weighted by molar-refractivity contribution is 0.0602. The van der Waals surface area contributed by atoms with Gasteiger partial charge in [-0.25, -0.2) is 17.6 Å². The number of hydrogen-bond donors (Lipinski definition) is 0. The van der Waals surface area contributed by atoms with Crippen LogP contribution in [0.3, 0.4) is 0 Å². The van der Waals surface area contributed by atoms with Crippen LogP contribution in [-0.2, 0) is 21.3 Å². The number of benzene rings is 1. The van der Waals surface area contributed by atoms with Gasteiger partial charge in [0.05, 0.1) is 14.2 Å². The number of carbonyl (C=O) groups is 1. The smallest absolute Gasteiger partial charge is 0.349 e. The van der Waals surface area contributed by atoms with Crippen molar-refractivity contribution in [2.45, 2.75) is 11.4 Å². The summed E-state index contributed by atoms with van der Waals surface area (Å²) in [5, 5.41) is 1.50. The molecule has 2 aromatic rings. The summed E-state index contributed by atoms with van der Waals surface area (Å²) in [6.45, 7) is -0.0558. The molecule has 130 valence electrons. The van der Waals surface area contributed by atoms with Gasteiger partial charge in [-0.05, 0) is 29.1 Å². The van der Waals surface area contributed by atoms with E-state index in [-0.39, 0.29) is 22.1 Å².